The van der Waals surface area contributed by atoms with Crippen LogP contribution >= 0.6 is 7.67 Å². The van der Waals surface area contributed by atoms with Crippen LogP contribution in [0.5, 0.6) is 5.75 Å². The number of amides is 1. The molecule has 0 radical (unpaired) electrons. The van der Waals surface area contributed by atoms with E-state index in [0.29, 0.717) is 31.9 Å². The molecule has 0 spiro atoms. The minimum atomic E-state index is -3.29. The number of hydrogen-bond donors (Lipinski definition) is 1. The van der Waals surface area contributed by atoms with Crippen LogP contribution in [0.2, 0.25) is 0 Å². The molecular formula is C32H42N3O6P. The monoisotopic (exact) mass is 595 g/mol. The Hall–Kier alpha value is -3.65. The van der Waals surface area contributed by atoms with Crippen molar-refractivity contribution < 1.29 is 28.2 Å². The number of hydrogen-bond acceptors (Lipinski definition) is 6. The van der Waals surface area contributed by atoms with Crippen molar-refractivity contribution in [1.82, 2.24) is 14.7 Å². The van der Waals surface area contributed by atoms with Gasteiger partial charge in [-0.2, -0.15) is 0 Å². The van der Waals surface area contributed by atoms with E-state index in [9.17, 15) is 14.2 Å². The molecule has 0 aliphatic carbocycles. The Morgan fingerprint density at radius 3 is 1.64 bits per heavy atom. The summed E-state index contributed by atoms with van der Waals surface area (Å²) in [4.78, 5) is 25.7. The SMILES string of the molecule is CCN(CC)P(=O)(Oc1ccc(C[C@H](NC(=O)OCc2ccccc2)C(=O)OCc2ccccc2)cc1)N(CC)CC. The first-order valence-electron chi connectivity index (χ1n) is 14.4. The topological polar surface area (TPSA) is 97.4 Å². The second-order valence-electron chi connectivity index (χ2n) is 9.56. The molecule has 10 heteroatoms. The van der Waals surface area contributed by atoms with Gasteiger partial charge in [-0.3, -0.25) is 0 Å². The quantitative estimate of drug-likeness (QED) is 0.149. The highest BCUT2D eigenvalue weighted by atomic mass is 31.2. The Bertz CT molecular complexity index is 1270. The molecule has 0 bridgehead atoms. The molecule has 9 nitrogen and oxygen atoms in total. The van der Waals surface area contributed by atoms with E-state index in [4.69, 9.17) is 14.0 Å². The Morgan fingerprint density at radius 1 is 0.690 bits per heavy atom. The Kier molecular flexibility index (Phi) is 13.1. The van der Waals surface area contributed by atoms with Crippen LogP contribution in [0.1, 0.15) is 44.4 Å². The number of carbonyl (C=O) groups excluding carboxylic acids is 2. The van der Waals surface area contributed by atoms with Crippen molar-refractivity contribution in [3.05, 3.63) is 102 Å². The predicted octanol–water partition coefficient (Wildman–Crippen LogP) is 6.44. The van der Waals surface area contributed by atoms with Crippen molar-refractivity contribution in [2.45, 2.75) is 53.4 Å². The average Bonchev–Trinajstić information content (AvgIpc) is 3.01. The summed E-state index contributed by atoms with van der Waals surface area (Å²) < 4.78 is 34.8. The minimum absolute atomic E-state index is 0.0730. The minimum Gasteiger partial charge on any atom is -0.459 e. The van der Waals surface area contributed by atoms with Crippen LogP contribution in [0, 0.1) is 0 Å². The number of alkyl carbamates (subject to hydrolysis) is 1. The summed E-state index contributed by atoms with van der Waals surface area (Å²) in [5.74, 6) is -0.122. The molecule has 0 saturated carbocycles. The Balaban J connectivity index is 1.73. The fourth-order valence-corrected chi connectivity index (χ4v) is 6.86. The van der Waals surface area contributed by atoms with Crippen LogP contribution in [0.15, 0.2) is 84.9 Å². The van der Waals surface area contributed by atoms with E-state index in [-0.39, 0.29) is 19.6 Å². The van der Waals surface area contributed by atoms with Crippen molar-refractivity contribution in [3.8, 4) is 5.75 Å². The van der Waals surface area contributed by atoms with E-state index in [1.807, 2.05) is 97.7 Å². The third kappa shape index (κ3) is 9.44. The van der Waals surface area contributed by atoms with Gasteiger partial charge in [0, 0.05) is 32.6 Å². The first-order valence-corrected chi connectivity index (χ1v) is 15.9. The Morgan fingerprint density at radius 2 is 1.17 bits per heavy atom. The fourth-order valence-electron chi connectivity index (χ4n) is 4.45. The average molecular weight is 596 g/mol. The highest BCUT2D eigenvalue weighted by Crippen LogP contribution is 2.53. The smallest absolute Gasteiger partial charge is 0.408 e. The maximum atomic E-state index is 14.0. The molecule has 3 aromatic rings. The van der Waals surface area contributed by atoms with Gasteiger partial charge in [0.15, 0.2) is 0 Å². The van der Waals surface area contributed by atoms with E-state index in [1.54, 1.807) is 24.3 Å². The lowest BCUT2D eigenvalue weighted by molar-refractivity contribution is -0.147. The summed E-state index contributed by atoms with van der Waals surface area (Å²) in [6.45, 7) is 10.3. The lowest BCUT2D eigenvalue weighted by atomic mass is 10.1. The van der Waals surface area contributed by atoms with E-state index in [1.165, 1.54) is 0 Å². The third-order valence-corrected chi connectivity index (χ3v) is 9.79. The number of nitrogens with zero attached hydrogens (tertiary/aromatic N) is 2. The normalized spacial score (nSPS) is 12.1. The van der Waals surface area contributed by atoms with E-state index >= 15 is 0 Å². The van der Waals surface area contributed by atoms with Gasteiger partial charge in [-0.05, 0) is 28.8 Å². The molecule has 0 saturated heterocycles. The number of rotatable bonds is 16. The number of esters is 1. The van der Waals surface area contributed by atoms with Gasteiger partial charge in [-0.1, -0.05) is 100 Å². The fraction of sp³-hybridized carbons (Fsp3) is 0.375. The van der Waals surface area contributed by atoms with Crippen LogP contribution in [0.4, 0.5) is 4.79 Å². The molecule has 3 aromatic carbocycles. The highest BCUT2D eigenvalue weighted by molar-refractivity contribution is 7.54. The molecule has 1 amide bonds. The lowest BCUT2D eigenvalue weighted by Crippen LogP contribution is -2.43. The number of nitrogens with one attached hydrogen (secondary N) is 1. The van der Waals surface area contributed by atoms with Crippen LogP contribution < -0.4 is 9.84 Å². The zero-order valence-electron chi connectivity index (χ0n) is 24.9. The molecule has 42 heavy (non-hydrogen) atoms. The molecule has 0 aromatic heterocycles. The molecule has 0 aliphatic heterocycles. The van der Waals surface area contributed by atoms with Gasteiger partial charge in [-0.15, -0.1) is 0 Å². The zero-order valence-corrected chi connectivity index (χ0v) is 25.8. The van der Waals surface area contributed by atoms with Crippen molar-refractivity contribution in [3.63, 3.8) is 0 Å². The molecular weight excluding hydrogens is 553 g/mol. The first-order chi connectivity index (χ1) is 20.3. The van der Waals surface area contributed by atoms with Crippen molar-refractivity contribution >= 4 is 19.7 Å². The summed E-state index contributed by atoms with van der Waals surface area (Å²) in [5.41, 5.74) is 2.43. The standard InChI is InChI=1S/C32H42N3O6P/c1-5-34(6-2)42(38,35(7-3)8-4)41-29-21-19-26(20-22-29)23-30(31(36)39-24-27-15-11-9-12-16-27)33-32(37)40-25-28-17-13-10-14-18-28/h9-22,30H,5-8,23-25H2,1-4H3,(H,33,37)/t30-/m0/s1. The van der Waals surface area contributed by atoms with Crippen LogP contribution in [0.3, 0.4) is 0 Å². The van der Waals surface area contributed by atoms with Gasteiger partial charge >= 0.3 is 19.7 Å². The maximum absolute atomic E-state index is 14.0. The summed E-state index contributed by atoms with van der Waals surface area (Å²) >= 11 is 0. The first kappa shape index (κ1) is 32.9. The van der Waals surface area contributed by atoms with Gasteiger partial charge in [0.2, 0.25) is 0 Å². The summed E-state index contributed by atoms with van der Waals surface area (Å²) in [7, 11) is -3.29. The second kappa shape index (κ2) is 16.7. The summed E-state index contributed by atoms with van der Waals surface area (Å²) in [5, 5.41) is 2.66. The third-order valence-electron chi connectivity index (χ3n) is 6.78. The van der Waals surface area contributed by atoms with Crippen LogP contribution in [0.25, 0.3) is 0 Å². The Labute approximate surface area is 249 Å². The van der Waals surface area contributed by atoms with Gasteiger partial charge in [0.05, 0.1) is 0 Å². The number of ether oxygens (including phenoxy) is 2. The van der Waals surface area contributed by atoms with Gasteiger partial charge in [-0.25, -0.2) is 23.5 Å². The van der Waals surface area contributed by atoms with Gasteiger partial charge in [0.25, 0.3) is 0 Å². The summed E-state index contributed by atoms with van der Waals surface area (Å²) in [6.07, 6.45) is -0.558. The maximum Gasteiger partial charge on any atom is 0.408 e. The zero-order chi connectivity index (χ0) is 30.4. The lowest BCUT2D eigenvalue weighted by Gasteiger charge is -2.36. The van der Waals surface area contributed by atoms with E-state index < -0.39 is 25.8 Å². The second-order valence-corrected chi connectivity index (χ2v) is 11.9. The summed E-state index contributed by atoms with van der Waals surface area (Å²) in [6, 6.07) is 24.7. The number of benzene rings is 3. The van der Waals surface area contributed by atoms with Crippen LogP contribution in [-0.4, -0.2) is 53.6 Å². The molecule has 1 atom stereocenters. The van der Waals surface area contributed by atoms with E-state index in [0.717, 1.165) is 16.7 Å². The van der Waals surface area contributed by atoms with E-state index in [2.05, 4.69) is 5.32 Å². The molecule has 1 N–H and O–H groups in total. The predicted molar refractivity (Wildman–Crippen MR) is 164 cm³/mol. The molecule has 0 aliphatic rings. The largest absolute Gasteiger partial charge is 0.459 e. The van der Waals surface area contributed by atoms with Crippen molar-refractivity contribution in [2.75, 3.05) is 26.2 Å². The highest BCUT2D eigenvalue weighted by Gasteiger charge is 2.37. The van der Waals surface area contributed by atoms with Gasteiger partial charge in [0.1, 0.15) is 25.0 Å². The molecule has 0 fully saturated rings. The number of carbonyl (C=O) groups is 2. The van der Waals surface area contributed by atoms with Crippen molar-refractivity contribution in [1.29, 1.82) is 0 Å². The van der Waals surface area contributed by atoms with Gasteiger partial charge < -0.3 is 19.3 Å². The van der Waals surface area contributed by atoms with Crippen LogP contribution in [-0.2, 0) is 38.5 Å². The molecule has 226 valence electrons. The molecule has 3 rings (SSSR count). The molecule has 0 unspecified atom stereocenters. The van der Waals surface area contributed by atoms with Crippen molar-refractivity contribution in [2.24, 2.45) is 0 Å². The molecule has 0 heterocycles.